The van der Waals surface area contributed by atoms with Crippen LogP contribution < -0.4 is 19.7 Å². The molecule has 0 bridgehead atoms. The molecule has 0 unspecified atom stereocenters. The van der Waals surface area contributed by atoms with Crippen molar-refractivity contribution in [1.82, 2.24) is 10.3 Å². The highest BCUT2D eigenvalue weighted by atomic mass is 32.1. The van der Waals surface area contributed by atoms with Crippen molar-refractivity contribution in [3.63, 3.8) is 0 Å². The second-order valence-electron chi connectivity index (χ2n) is 8.82. The Labute approximate surface area is 216 Å². The van der Waals surface area contributed by atoms with Crippen LogP contribution in [0, 0.1) is 0 Å². The molecule has 4 aromatic rings. The number of aromatic nitrogens is 1. The highest BCUT2D eigenvalue weighted by Gasteiger charge is 2.42. The molecule has 1 aliphatic heterocycles. The number of rotatable bonds is 8. The number of pyridine rings is 1. The number of benzene rings is 2. The first-order valence-electron chi connectivity index (χ1n) is 12.1. The molecule has 1 saturated heterocycles. The van der Waals surface area contributed by atoms with Crippen molar-refractivity contribution in [2.75, 3.05) is 11.5 Å². The average molecular weight is 500 g/mol. The molecule has 184 valence electrons. The van der Waals surface area contributed by atoms with Crippen molar-refractivity contribution in [3.8, 4) is 22.8 Å². The van der Waals surface area contributed by atoms with Crippen molar-refractivity contribution in [2.45, 2.75) is 39.0 Å². The maximum absolute atomic E-state index is 6.45. The Morgan fingerprint density at radius 3 is 2.39 bits per heavy atom. The summed E-state index contributed by atoms with van der Waals surface area (Å²) in [5.41, 5.74) is 2.83. The molecule has 0 saturated carbocycles. The number of hydrogen-bond donors (Lipinski definition) is 1. The monoisotopic (exact) mass is 499 g/mol. The predicted molar refractivity (Wildman–Crippen MR) is 145 cm³/mol. The molecule has 1 fully saturated rings. The largest absolute Gasteiger partial charge is 0.494 e. The number of hydrogen-bond acceptors (Lipinski definition) is 5. The summed E-state index contributed by atoms with van der Waals surface area (Å²) in [5, 5.41) is 4.09. The van der Waals surface area contributed by atoms with Gasteiger partial charge in [0.05, 0.1) is 24.4 Å². The van der Waals surface area contributed by atoms with Crippen molar-refractivity contribution >= 4 is 23.0 Å². The van der Waals surface area contributed by atoms with E-state index in [1.807, 2.05) is 99.6 Å². The van der Waals surface area contributed by atoms with Crippen LogP contribution in [0.15, 0.2) is 89.5 Å². The van der Waals surface area contributed by atoms with Crippen LogP contribution in [0.4, 0.5) is 5.69 Å². The fraction of sp³-hybridized carbons (Fsp3) is 0.241. The molecule has 0 spiro atoms. The molecule has 36 heavy (non-hydrogen) atoms. The number of thiocarbonyl (C=S) groups is 1. The highest BCUT2D eigenvalue weighted by molar-refractivity contribution is 7.80. The van der Waals surface area contributed by atoms with Crippen molar-refractivity contribution < 1.29 is 13.9 Å². The summed E-state index contributed by atoms with van der Waals surface area (Å²) in [7, 11) is 0. The minimum Gasteiger partial charge on any atom is -0.494 e. The molecule has 0 aliphatic carbocycles. The number of nitrogens with one attached hydrogen (secondary N) is 1. The molecule has 2 atom stereocenters. The van der Waals surface area contributed by atoms with Gasteiger partial charge in [-0.2, -0.15) is 0 Å². The third kappa shape index (κ3) is 4.93. The van der Waals surface area contributed by atoms with E-state index in [0.29, 0.717) is 11.7 Å². The Morgan fingerprint density at radius 2 is 1.72 bits per heavy atom. The summed E-state index contributed by atoms with van der Waals surface area (Å²) < 4.78 is 17.9. The SMILES string of the molecule is CCOc1ccc(-c2ccc([C@H]3[C@H](c4ccccn4)NC(=S)N3c3ccc(OC(C)C)cc3)o2)cc1. The first kappa shape index (κ1) is 23.9. The second kappa shape index (κ2) is 10.4. The van der Waals surface area contributed by atoms with E-state index in [0.717, 1.165) is 40.0 Å². The molecule has 6 nitrogen and oxygen atoms in total. The molecule has 2 aromatic carbocycles. The summed E-state index contributed by atoms with van der Waals surface area (Å²) in [4.78, 5) is 6.71. The number of anilines is 1. The summed E-state index contributed by atoms with van der Waals surface area (Å²) >= 11 is 5.82. The third-order valence-electron chi connectivity index (χ3n) is 5.95. The molecular formula is C29H29N3O3S. The van der Waals surface area contributed by atoms with Crippen LogP contribution in [0.5, 0.6) is 11.5 Å². The topological polar surface area (TPSA) is 59.8 Å². The Morgan fingerprint density at radius 1 is 0.972 bits per heavy atom. The molecule has 0 radical (unpaired) electrons. The minimum absolute atomic E-state index is 0.107. The predicted octanol–water partition coefficient (Wildman–Crippen LogP) is 6.70. The van der Waals surface area contributed by atoms with Crippen molar-refractivity contribution in [1.29, 1.82) is 0 Å². The lowest BCUT2D eigenvalue weighted by Gasteiger charge is -2.26. The fourth-order valence-electron chi connectivity index (χ4n) is 4.43. The third-order valence-corrected chi connectivity index (χ3v) is 6.27. The summed E-state index contributed by atoms with van der Waals surface area (Å²) in [5.74, 6) is 3.24. The Kier molecular flexibility index (Phi) is 6.91. The lowest BCUT2D eigenvalue weighted by molar-refractivity contribution is 0.242. The standard InChI is InChI=1S/C29H29N3O3S/c1-4-33-22-12-8-20(9-13-22)25-16-17-26(35-25)28-27(24-7-5-6-18-30-24)31-29(36)32(28)21-10-14-23(15-11-21)34-19(2)3/h5-19,27-28H,4H2,1-3H3,(H,31,36)/t27-,28-/m0/s1. The summed E-state index contributed by atoms with van der Waals surface area (Å²) in [6.45, 7) is 6.63. The molecule has 7 heteroatoms. The van der Waals surface area contributed by atoms with Gasteiger partial charge in [-0.3, -0.25) is 4.98 Å². The van der Waals surface area contributed by atoms with E-state index in [4.69, 9.17) is 26.1 Å². The zero-order valence-electron chi connectivity index (χ0n) is 20.5. The molecule has 1 aliphatic rings. The quantitative estimate of drug-likeness (QED) is 0.271. The summed E-state index contributed by atoms with van der Waals surface area (Å²) in [6, 6.07) is 25.4. The number of ether oxygens (including phenoxy) is 2. The van der Waals surface area contributed by atoms with Gasteiger partial charge >= 0.3 is 0 Å². The number of nitrogens with zero attached hydrogens (tertiary/aromatic N) is 2. The molecule has 0 amide bonds. The van der Waals surface area contributed by atoms with Gasteiger partial charge in [0.25, 0.3) is 0 Å². The van der Waals surface area contributed by atoms with Gasteiger partial charge < -0.3 is 24.1 Å². The lowest BCUT2D eigenvalue weighted by Crippen LogP contribution is -2.29. The van der Waals surface area contributed by atoms with Crippen LogP contribution >= 0.6 is 12.2 Å². The molecule has 5 rings (SSSR count). The smallest absolute Gasteiger partial charge is 0.174 e. The van der Waals surface area contributed by atoms with Gasteiger partial charge in [0.15, 0.2) is 5.11 Å². The Bertz CT molecular complexity index is 1300. The highest BCUT2D eigenvalue weighted by Crippen LogP contribution is 2.43. The van der Waals surface area contributed by atoms with Gasteiger partial charge in [0.1, 0.15) is 29.1 Å². The molecule has 3 heterocycles. The van der Waals surface area contributed by atoms with Crippen LogP contribution in [-0.4, -0.2) is 22.8 Å². The normalized spacial score (nSPS) is 17.3. The van der Waals surface area contributed by atoms with Crippen molar-refractivity contribution in [2.24, 2.45) is 0 Å². The van der Waals surface area contributed by atoms with E-state index in [-0.39, 0.29) is 18.2 Å². The average Bonchev–Trinajstić information content (AvgIpc) is 3.50. The van der Waals surface area contributed by atoms with Gasteiger partial charge in [0, 0.05) is 17.4 Å². The van der Waals surface area contributed by atoms with E-state index in [1.165, 1.54) is 0 Å². The molecule has 1 N–H and O–H groups in total. The van der Waals surface area contributed by atoms with Crippen LogP contribution in [0.1, 0.15) is 44.3 Å². The Balaban J connectivity index is 1.51. The maximum atomic E-state index is 6.45. The zero-order valence-corrected chi connectivity index (χ0v) is 21.4. The Hall–Kier alpha value is -3.84. The van der Waals surface area contributed by atoms with Gasteiger partial charge in [-0.25, -0.2) is 0 Å². The number of furan rings is 1. The van der Waals surface area contributed by atoms with Crippen LogP contribution in [0.3, 0.4) is 0 Å². The lowest BCUT2D eigenvalue weighted by atomic mass is 10.0. The van der Waals surface area contributed by atoms with Gasteiger partial charge in [0.2, 0.25) is 0 Å². The van der Waals surface area contributed by atoms with Crippen LogP contribution in [-0.2, 0) is 0 Å². The summed E-state index contributed by atoms with van der Waals surface area (Å²) in [6.07, 6.45) is 1.90. The van der Waals surface area contributed by atoms with Gasteiger partial charge in [-0.15, -0.1) is 0 Å². The second-order valence-corrected chi connectivity index (χ2v) is 9.20. The molecular weight excluding hydrogens is 470 g/mol. The van der Waals surface area contributed by atoms with E-state index in [2.05, 4.69) is 15.2 Å². The minimum atomic E-state index is -0.222. The first-order chi connectivity index (χ1) is 17.5. The maximum Gasteiger partial charge on any atom is 0.174 e. The van der Waals surface area contributed by atoms with E-state index >= 15 is 0 Å². The van der Waals surface area contributed by atoms with E-state index in [9.17, 15) is 0 Å². The first-order valence-corrected chi connectivity index (χ1v) is 12.5. The van der Waals surface area contributed by atoms with Gasteiger partial charge in [-0.05, 0) is 106 Å². The van der Waals surface area contributed by atoms with Crippen molar-refractivity contribution in [3.05, 3.63) is 96.5 Å². The van der Waals surface area contributed by atoms with E-state index in [1.54, 1.807) is 6.20 Å². The zero-order chi connectivity index (χ0) is 25.1. The van der Waals surface area contributed by atoms with E-state index < -0.39 is 0 Å². The van der Waals surface area contributed by atoms with Gasteiger partial charge in [-0.1, -0.05) is 6.07 Å². The van der Waals surface area contributed by atoms with Crippen LogP contribution in [0.2, 0.25) is 0 Å². The fourth-order valence-corrected chi connectivity index (χ4v) is 4.77. The van der Waals surface area contributed by atoms with Crippen LogP contribution in [0.25, 0.3) is 11.3 Å². The molecule has 2 aromatic heterocycles.